The molecule has 1 aromatic heterocycles. The van der Waals surface area contributed by atoms with E-state index < -0.39 is 0 Å². The first-order valence-corrected chi connectivity index (χ1v) is 4.95. The SMILES string of the molecule is CC=NC1=C(C)CCc2ncccc21. The second-order valence-electron chi connectivity index (χ2n) is 3.51. The summed E-state index contributed by atoms with van der Waals surface area (Å²) in [5, 5.41) is 0. The van der Waals surface area contributed by atoms with Crippen LogP contribution in [-0.2, 0) is 6.42 Å². The average molecular weight is 186 g/mol. The van der Waals surface area contributed by atoms with Gasteiger partial charge >= 0.3 is 0 Å². The van der Waals surface area contributed by atoms with Gasteiger partial charge in [-0.1, -0.05) is 0 Å². The maximum Gasteiger partial charge on any atom is 0.0705 e. The van der Waals surface area contributed by atoms with Crippen molar-refractivity contribution in [3.05, 3.63) is 35.2 Å². The molecule has 0 aliphatic heterocycles. The summed E-state index contributed by atoms with van der Waals surface area (Å²) in [4.78, 5) is 8.80. The van der Waals surface area contributed by atoms with E-state index in [1.165, 1.54) is 16.8 Å². The number of hydrogen-bond acceptors (Lipinski definition) is 2. The van der Waals surface area contributed by atoms with Crippen LogP contribution in [0.15, 0.2) is 28.9 Å². The van der Waals surface area contributed by atoms with Gasteiger partial charge in [-0.05, 0) is 44.4 Å². The fourth-order valence-electron chi connectivity index (χ4n) is 1.82. The van der Waals surface area contributed by atoms with Crippen LogP contribution in [-0.4, -0.2) is 11.2 Å². The van der Waals surface area contributed by atoms with Gasteiger partial charge in [-0.2, -0.15) is 0 Å². The molecule has 0 amide bonds. The standard InChI is InChI=1S/C12H14N2/c1-3-13-12-9(2)6-7-11-10(12)5-4-8-14-11/h3-5,8H,6-7H2,1-2H3. The number of fused-ring (bicyclic) bond motifs is 1. The van der Waals surface area contributed by atoms with Crippen molar-refractivity contribution < 1.29 is 0 Å². The minimum absolute atomic E-state index is 1.05. The number of aryl methyl sites for hydroxylation is 1. The number of nitrogens with zero attached hydrogens (tertiary/aromatic N) is 2. The molecule has 0 fully saturated rings. The molecule has 0 N–H and O–H groups in total. The molecule has 1 heterocycles. The lowest BCUT2D eigenvalue weighted by Gasteiger charge is -2.17. The summed E-state index contributed by atoms with van der Waals surface area (Å²) in [7, 11) is 0. The molecular weight excluding hydrogens is 172 g/mol. The molecule has 2 heteroatoms. The Bertz CT molecular complexity index is 403. The van der Waals surface area contributed by atoms with Crippen LogP contribution in [0, 0.1) is 0 Å². The van der Waals surface area contributed by atoms with Crippen LogP contribution in [0.5, 0.6) is 0 Å². The smallest absolute Gasteiger partial charge is 0.0705 e. The summed E-state index contributed by atoms with van der Waals surface area (Å²) in [5.74, 6) is 0. The highest BCUT2D eigenvalue weighted by molar-refractivity contribution is 5.76. The minimum Gasteiger partial charge on any atom is -0.261 e. The molecule has 72 valence electrons. The molecule has 14 heavy (non-hydrogen) atoms. The largest absolute Gasteiger partial charge is 0.261 e. The maximum absolute atomic E-state index is 4.42. The molecule has 0 saturated heterocycles. The Labute approximate surface area is 84.4 Å². The highest BCUT2D eigenvalue weighted by Crippen LogP contribution is 2.30. The molecule has 0 atom stereocenters. The summed E-state index contributed by atoms with van der Waals surface area (Å²) >= 11 is 0. The fourth-order valence-corrected chi connectivity index (χ4v) is 1.82. The summed E-state index contributed by atoms with van der Waals surface area (Å²) in [6.45, 7) is 4.10. The third-order valence-corrected chi connectivity index (χ3v) is 2.54. The monoisotopic (exact) mass is 186 g/mol. The molecule has 2 nitrogen and oxygen atoms in total. The van der Waals surface area contributed by atoms with E-state index in [1.807, 2.05) is 25.4 Å². The van der Waals surface area contributed by atoms with Crippen LogP contribution in [0.2, 0.25) is 0 Å². The Morgan fingerprint density at radius 2 is 2.29 bits per heavy atom. The van der Waals surface area contributed by atoms with E-state index in [1.54, 1.807) is 0 Å². The van der Waals surface area contributed by atoms with Crippen LogP contribution in [0.1, 0.15) is 31.5 Å². The molecule has 0 aromatic carbocycles. The van der Waals surface area contributed by atoms with Gasteiger partial charge in [0.25, 0.3) is 0 Å². The van der Waals surface area contributed by atoms with Crippen molar-refractivity contribution >= 4 is 11.9 Å². The lowest BCUT2D eigenvalue weighted by Crippen LogP contribution is -2.04. The third kappa shape index (κ3) is 1.48. The summed E-state index contributed by atoms with van der Waals surface area (Å²) < 4.78 is 0. The van der Waals surface area contributed by atoms with Gasteiger partial charge in [0.05, 0.1) is 11.4 Å². The Morgan fingerprint density at radius 1 is 1.43 bits per heavy atom. The van der Waals surface area contributed by atoms with E-state index in [2.05, 4.69) is 23.0 Å². The van der Waals surface area contributed by atoms with E-state index in [-0.39, 0.29) is 0 Å². The first kappa shape index (κ1) is 9.13. The number of hydrogen-bond donors (Lipinski definition) is 0. The third-order valence-electron chi connectivity index (χ3n) is 2.54. The van der Waals surface area contributed by atoms with E-state index in [0.29, 0.717) is 0 Å². The van der Waals surface area contributed by atoms with Gasteiger partial charge < -0.3 is 0 Å². The molecule has 1 aliphatic rings. The summed E-state index contributed by atoms with van der Waals surface area (Å²) in [6, 6.07) is 4.08. The molecule has 1 aromatic rings. The molecular formula is C12H14N2. The molecule has 1 aliphatic carbocycles. The van der Waals surface area contributed by atoms with Crippen LogP contribution in [0.4, 0.5) is 0 Å². The van der Waals surface area contributed by atoms with Crippen molar-refractivity contribution in [2.75, 3.05) is 0 Å². The van der Waals surface area contributed by atoms with Gasteiger partial charge in [-0.25, -0.2) is 0 Å². The first-order chi connectivity index (χ1) is 6.83. The topological polar surface area (TPSA) is 25.2 Å². The average Bonchev–Trinajstić information content (AvgIpc) is 2.23. The van der Waals surface area contributed by atoms with Gasteiger partial charge in [-0.15, -0.1) is 0 Å². The predicted molar refractivity (Wildman–Crippen MR) is 59.3 cm³/mol. The van der Waals surface area contributed by atoms with Crippen LogP contribution < -0.4 is 0 Å². The molecule has 0 unspecified atom stereocenters. The second-order valence-corrected chi connectivity index (χ2v) is 3.51. The van der Waals surface area contributed by atoms with Gasteiger partial charge in [0, 0.05) is 18.0 Å². The van der Waals surface area contributed by atoms with Gasteiger partial charge in [0.15, 0.2) is 0 Å². The van der Waals surface area contributed by atoms with E-state index in [4.69, 9.17) is 0 Å². The quantitative estimate of drug-likeness (QED) is 0.619. The van der Waals surface area contributed by atoms with Crippen molar-refractivity contribution in [2.45, 2.75) is 26.7 Å². The Kier molecular flexibility index (Phi) is 2.44. The zero-order valence-electron chi connectivity index (χ0n) is 8.62. The Balaban J connectivity index is 2.56. The van der Waals surface area contributed by atoms with E-state index in [0.717, 1.165) is 18.5 Å². The van der Waals surface area contributed by atoms with E-state index in [9.17, 15) is 0 Å². The Hall–Kier alpha value is -1.44. The van der Waals surface area contributed by atoms with Crippen molar-refractivity contribution in [2.24, 2.45) is 4.99 Å². The molecule has 0 saturated carbocycles. The van der Waals surface area contributed by atoms with Gasteiger partial charge in [0.1, 0.15) is 0 Å². The highest BCUT2D eigenvalue weighted by atomic mass is 14.8. The molecule has 0 bridgehead atoms. The zero-order valence-corrected chi connectivity index (χ0v) is 8.62. The maximum atomic E-state index is 4.42. The molecule has 0 spiro atoms. The summed E-state index contributed by atoms with van der Waals surface area (Å²) in [6.07, 6.45) is 5.83. The van der Waals surface area contributed by atoms with Crippen molar-refractivity contribution in [3.8, 4) is 0 Å². The van der Waals surface area contributed by atoms with Crippen LogP contribution in [0.25, 0.3) is 5.70 Å². The Morgan fingerprint density at radius 3 is 3.07 bits per heavy atom. The van der Waals surface area contributed by atoms with Crippen molar-refractivity contribution in [1.29, 1.82) is 0 Å². The number of rotatable bonds is 1. The fraction of sp³-hybridized carbons (Fsp3) is 0.333. The zero-order chi connectivity index (χ0) is 9.97. The lowest BCUT2D eigenvalue weighted by atomic mass is 9.94. The predicted octanol–water partition coefficient (Wildman–Crippen LogP) is 2.85. The van der Waals surface area contributed by atoms with Crippen molar-refractivity contribution in [1.82, 2.24) is 4.98 Å². The number of pyridine rings is 1. The highest BCUT2D eigenvalue weighted by Gasteiger charge is 2.15. The van der Waals surface area contributed by atoms with Crippen LogP contribution in [0.3, 0.4) is 0 Å². The minimum atomic E-state index is 1.05. The van der Waals surface area contributed by atoms with E-state index >= 15 is 0 Å². The molecule has 0 radical (unpaired) electrons. The van der Waals surface area contributed by atoms with Crippen molar-refractivity contribution in [3.63, 3.8) is 0 Å². The number of aromatic nitrogens is 1. The van der Waals surface area contributed by atoms with Gasteiger partial charge in [0.2, 0.25) is 0 Å². The van der Waals surface area contributed by atoms with Crippen LogP contribution >= 0.6 is 0 Å². The number of allylic oxidation sites excluding steroid dienone is 1. The normalized spacial score (nSPS) is 16.1. The summed E-state index contributed by atoms with van der Waals surface area (Å²) in [5.41, 5.74) is 4.86. The number of aliphatic imine (C=N–C) groups is 1. The lowest BCUT2D eigenvalue weighted by molar-refractivity contribution is 0.871. The first-order valence-electron chi connectivity index (χ1n) is 4.95. The molecule has 2 rings (SSSR count). The second kappa shape index (κ2) is 3.74. The van der Waals surface area contributed by atoms with Gasteiger partial charge in [-0.3, -0.25) is 9.98 Å².